The molecule has 0 aliphatic carbocycles. The van der Waals surface area contributed by atoms with Crippen LogP contribution in [0, 0.1) is 0 Å². The molecule has 0 amide bonds. The third kappa shape index (κ3) is 2.11. The number of anilines is 1. The first-order valence-corrected chi connectivity index (χ1v) is 4.26. The van der Waals surface area contributed by atoms with Crippen LogP contribution in [0.1, 0.15) is 0 Å². The lowest BCUT2D eigenvalue weighted by Gasteiger charge is -1.98. The fraction of sp³-hybridized carbons (Fsp3) is 0. The summed E-state index contributed by atoms with van der Waals surface area (Å²) < 4.78 is 0. The molecule has 0 atom stereocenters. The van der Waals surface area contributed by atoms with Crippen LogP contribution in [0.25, 0.3) is 10.8 Å². The van der Waals surface area contributed by atoms with Crippen molar-refractivity contribution in [1.82, 2.24) is 0 Å². The quantitative estimate of drug-likeness (QED) is 0.500. The van der Waals surface area contributed by atoms with E-state index in [2.05, 4.69) is 29.2 Å². The van der Waals surface area contributed by atoms with Crippen LogP contribution in [0.5, 0.6) is 0 Å². The van der Waals surface area contributed by atoms with Gasteiger partial charge in [0, 0.05) is 11.1 Å². The lowest BCUT2D eigenvalue weighted by Crippen LogP contribution is -1.84. The molecule has 0 unspecified atom stereocenters. The molecule has 0 saturated carbocycles. The van der Waals surface area contributed by atoms with Crippen LogP contribution in [0.4, 0.5) is 5.69 Å². The Morgan fingerprint density at radius 1 is 0.846 bits per heavy atom. The molecule has 0 bridgehead atoms. The van der Waals surface area contributed by atoms with Crippen molar-refractivity contribution in [1.29, 1.82) is 0 Å². The highest BCUT2D eigenvalue weighted by molar-refractivity contribution is 6.11. The molecule has 4 N–H and O–H groups in total. The van der Waals surface area contributed by atoms with Gasteiger partial charge in [0.25, 0.3) is 0 Å². The van der Waals surface area contributed by atoms with E-state index in [4.69, 9.17) is 5.73 Å². The molecule has 0 saturated heterocycles. The van der Waals surface area contributed by atoms with Gasteiger partial charge in [0.05, 0.1) is 0 Å². The third-order valence-electron chi connectivity index (χ3n) is 1.82. The van der Waals surface area contributed by atoms with Crippen molar-refractivity contribution in [2.45, 2.75) is 0 Å². The third-order valence-corrected chi connectivity index (χ3v) is 1.82. The Bertz CT molecular complexity index is 382. The number of halogens is 1. The lowest BCUT2D eigenvalue weighted by molar-refractivity contribution is 1.73. The second kappa shape index (κ2) is 4.70. The molecule has 0 spiro atoms. The standard InChI is InChI=1S/C10H9N.ClH2N/c11-10-7-3-5-8-4-1-2-6-9(8)10;1-2/h1-7H,11H2;2H2. The Hall–Kier alpha value is -1.25. The summed E-state index contributed by atoms with van der Waals surface area (Å²) in [7, 11) is 0. The van der Waals surface area contributed by atoms with Gasteiger partial charge in [-0.3, -0.25) is 0 Å². The number of nitrogens with two attached hydrogens (primary N) is 2. The number of benzene rings is 2. The maximum absolute atomic E-state index is 5.76. The van der Waals surface area contributed by atoms with Crippen molar-refractivity contribution in [3.63, 3.8) is 0 Å². The minimum atomic E-state index is 0.850. The molecular formula is C10H11ClN2. The maximum Gasteiger partial charge on any atom is 0.0393 e. The zero-order valence-corrected chi connectivity index (χ0v) is 7.83. The van der Waals surface area contributed by atoms with Gasteiger partial charge in [-0.1, -0.05) is 36.4 Å². The van der Waals surface area contributed by atoms with Gasteiger partial charge in [-0.05, 0) is 23.2 Å². The van der Waals surface area contributed by atoms with Crippen LogP contribution in [0.2, 0.25) is 0 Å². The van der Waals surface area contributed by atoms with Crippen molar-refractivity contribution < 1.29 is 0 Å². The van der Waals surface area contributed by atoms with Crippen LogP contribution in [0.15, 0.2) is 42.5 Å². The van der Waals surface area contributed by atoms with E-state index in [9.17, 15) is 0 Å². The van der Waals surface area contributed by atoms with Crippen molar-refractivity contribution in [3.05, 3.63) is 42.5 Å². The van der Waals surface area contributed by atoms with Gasteiger partial charge in [0.2, 0.25) is 0 Å². The van der Waals surface area contributed by atoms with Gasteiger partial charge in [0.15, 0.2) is 0 Å². The zero-order valence-electron chi connectivity index (χ0n) is 7.07. The van der Waals surface area contributed by atoms with Gasteiger partial charge in [-0.25, -0.2) is 5.25 Å². The molecule has 0 fully saturated rings. The summed E-state index contributed by atoms with van der Waals surface area (Å²) in [5.74, 6) is 0. The van der Waals surface area contributed by atoms with Crippen molar-refractivity contribution in [2.75, 3.05) is 5.73 Å². The number of nitrogen functional groups attached to an aromatic ring is 1. The normalized spacial score (nSPS) is 9.08. The predicted octanol–water partition coefficient (Wildman–Crippen LogP) is 2.52. The monoisotopic (exact) mass is 194 g/mol. The molecule has 68 valence electrons. The van der Waals surface area contributed by atoms with E-state index < -0.39 is 0 Å². The van der Waals surface area contributed by atoms with Gasteiger partial charge < -0.3 is 5.73 Å². The van der Waals surface area contributed by atoms with Gasteiger partial charge in [-0.2, -0.15) is 0 Å². The molecule has 0 aliphatic rings. The van der Waals surface area contributed by atoms with E-state index in [1.165, 1.54) is 5.39 Å². The van der Waals surface area contributed by atoms with Crippen LogP contribution >= 0.6 is 11.8 Å². The van der Waals surface area contributed by atoms with Crippen molar-refractivity contribution in [3.8, 4) is 0 Å². The van der Waals surface area contributed by atoms with Crippen LogP contribution in [-0.2, 0) is 0 Å². The smallest absolute Gasteiger partial charge is 0.0393 e. The molecule has 0 aliphatic heterocycles. The van der Waals surface area contributed by atoms with Crippen molar-refractivity contribution in [2.24, 2.45) is 5.25 Å². The minimum Gasteiger partial charge on any atom is -0.398 e. The zero-order chi connectivity index (χ0) is 9.68. The van der Waals surface area contributed by atoms with Crippen molar-refractivity contribution >= 4 is 28.2 Å². The van der Waals surface area contributed by atoms with E-state index in [1.807, 2.05) is 30.3 Å². The number of hydrogen-bond donors (Lipinski definition) is 2. The Balaban J connectivity index is 0.000000396. The Morgan fingerprint density at radius 2 is 1.46 bits per heavy atom. The highest BCUT2D eigenvalue weighted by Crippen LogP contribution is 2.19. The molecule has 2 aromatic rings. The van der Waals surface area contributed by atoms with Gasteiger partial charge >= 0.3 is 0 Å². The molecule has 0 heterocycles. The first-order chi connectivity index (χ1) is 6.38. The Labute approximate surface area is 82.2 Å². The largest absolute Gasteiger partial charge is 0.398 e. The summed E-state index contributed by atoms with van der Waals surface area (Å²) in [6.07, 6.45) is 0. The molecule has 2 aromatic carbocycles. The molecule has 13 heavy (non-hydrogen) atoms. The average Bonchev–Trinajstić information content (AvgIpc) is 2.22. The van der Waals surface area contributed by atoms with Crippen LogP contribution < -0.4 is 11.0 Å². The molecule has 2 rings (SSSR count). The highest BCUT2D eigenvalue weighted by atomic mass is 35.5. The predicted molar refractivity (Wildman–Crippen MR) is 58.4 cm³/mol. The van der Waals surface area contributed by atoms with E-state index in [0.717, 1.165) is 11.1 Å². The van der Waals surface area contributed by atoms with E-state index in [0.29, 0.717) is 0 Å². The van der Waals surface area contributed by atoms with E-state index in [-0.39, 0.29) is 0 Å². The lowest BCUT2D eigenvalue weighted by atomic mass is 10.1. The summed E-state index contributed by atoms with van der Waals surface area (Å²) in [4.78, 5) is 0. The number of rotatable bonds is 0. The highest BCUT2D eigenvalue weighted by Gasteiger charge is 1.92. The summed E-state index contributed by atoms with van der Waals surface area (Å²) in [5.41, 5.74) is 6.61. The van der Waals surface area contributed by atoms with Gasteiger partial charge in [0.1, 0.15) is 0 Å². The van der Waals surface area contributed by atoms with Crippen LogP contribution in [0.3, 0.4) is 0 Å². The average molecular weight is 195 g/mol. The van der Waals surface area contributed by atoms with Gasteiger partial charge in [-0.15, -0.1) is 0 Å². The van der Waals surface area contributed by atoms with E-state index >= 15 is 0 Å². The molecular weight excluding hydrogens is 184 g/mol. The summed E-state index contributed by atoms with van der Waals surface area (Å²) in [6, 6.07) is 14.1. The molecule has 0 aromatic heterocycles. The number of fused-ring (bicyclic) bond motifs is 1. The molecule has 3 heteroatoms. The number of hydrogen-bond acceptors (Lipinski definition) is 2. The summed E-state index contributed by atoms with van der Waals surface area (Å²) >= 11 is 4.14. The first kappa shape index (κ1) is 9.84. The first-order valence-electron chi connectivity index (χ1n) is 3.83. The summed E-state index contributed by atoms with van der Waals surface area (Å²) in [5, 5.41) is 6.31. The molecule has 0 radical (unpaired) electrons. The molecule has 2 nitrogen and oxygen atoms in total. The Kier molecular flexibility index (Phi) is 3.55. The fourth-order valence-electron chi connectivity index (χ4n) is 1.25. The second-order valence-electron chi connectivity index (χ2n) is 2.57. The fourth-order valence-corrected chi connectivity index (χ4v) is 1.25. The second-order valence-corrected chi connectivity index (χ2v) is 2.57. The van der Waals surface area contributed by atoms with Crippen LogP contribution in [-0.4, -0.2) is 0 Å². The van der Waals surface area contributed by atoms with E-state index in [1.54, 1.807) is 0 Å². The topological polar surface area (TPSA) is 52.0 Å². The SMILES string of the molecule is NCl.Nc1cccc2ccccc12. The Morgan fingerprint density at radius 3 is 2.15 bits per heavy atom. The summed E-state index contributed by atoms with van der Waals surface area (Å²) in [6.45, 7) is 0. The minimum absolute atomic E-state index is 0.850. The maximum atomic E-state index is 5.76.